The van der Waals surface area contributed by atoms with Crippen molar-refractivity contribution in [2.45, 2.75) is 13.0 Å². The second-order valence-corrected chi connectivity index (χ2v) is 3.62. The van der Waals surface area contributed by atoms with Gasteiger partial charge in [0.1, 0.15) is 5.75 Å². The smallest absolute Gasteiger partial charge is 0.269 e. The van der Waals surface area contributed by atoms with Crippen LogP contribution >= 0.6 is 0 Å². The Morgan fingerprint density at radius 3 is 3.00 bits per heavy atom. The van der Waals surface area contributed by atoms with Gasteiger partial charge >= 0.3 is 0 Å². The zero-order chi connectivity index (χ0) is 11.7. The van der Waals surface area contributed by atoms with E-state index < -0.39 is 6.10 Å². The van der Waals surface area contributed by atoms with Crippen molar-refractivity contribution in [1.29, 1.82) is 0 Å². The van der Waals surface area contributed by atoms with Gasteiger partial charge in [-0.15, -0.1) is 0 Å². The fourth-order valence-electron chi connectivity index (χ4n) is 1.68. The van der Waals surface area contributed by atoms with Crippen molar-refractivity contribution in [3.63, 3.8) is 0 Å². The van der Waals surface area contributed by atoms with E-state index in [0.717, 1.165) is 0 Å². The second kappa shape index (κ2) is 3.99. The van der Waals surface area contributed by atoms with E-state index in [9.17, 15) is 4.79 Å². The van der Waals surface area contributed by atoms with Gasteiger partial charge in [-0.2, -0.15) is 0 Å². The molecule has 0 spiro atoms. The van der Waals surface area contributed by atoms with Gasteiger partial charge in [-0.1, -0.05) is 0 Å². The maximum atomic E-state index is 11.9. The topological polar surface area (TPSA) is 93.6 Å². The Balaban J connectivity index is 2.45. The average molecular weight is 222 g/mol. The minimum atomic E-state index is -0.510. The van der Waals surface area contributed by atoms with E-state index in [0.29, 0.717) is 17.1 Å². The predicted octanol–water partition coefficient (Wildman–Crippen LogP) is -0.196. The number of nitrogens with two attached hydrogens (primary N) is 2. The molecule has 0 aromatic heterocycles. The first-order valence-corrected chi connectivity index (χ1v) is 4.94. The summed E-state index contributed by atoms with van der Waals surface area (Å²) in [6.07, 6.45) is -0.510. The summed E-state index contributed by atoms with van der Waals surface area (Å²) in [7, 11) is 0. The van der Waals surface area contributed by atoms with Gasteiger partial charge in [0.2, 0.25) is 0 Å². The summed E-state index contributed by atoms with van der Waals surface area (Å²) in [5.74, 6) is 5.74. The number of nitrogens with one attached hydrogen (secondary N) is 1. The molecule has 2 rings (SSSR count). The van der Waals surface area contributed by atoms with Gasteiger partial charge in [-0.3, -0.25) is 15.5 Å². The van der Waals surface area contributed by atoms with Gasteiger partial charge in [0, 0.05) is 5.69 Å². The van der Waals surface area contributed by atoms with Crippen LogP contribution < -0.4 is 26.6 Å². The molecule has 5 N–H and O–H groups in total. The van der Waals surface area contributed by atoms with Crippen molar-refractivity contribution in [1.82, 2.24) is 5.43 Å². The van der Waals surface area contributed by atoms with Crippen LogP contribution in [0.5, 0.6) is 5.75 Å². The molecule has 0 radical (unpaired) electrons. The van der Waals surface area contributed by atoms with Crippen molar-refractivity contribution in [2.24, 2.45) is 5.84 Å². The summed E-state index contributed by atoms with van der Waals surface area (Å²) in [5, 5.41) is 0. The highest BCUT2D eigenvalue weighted by Crippen LogP contribution is 2.34. The van der Waals surface area contributed by atoms with Crippen LogP contribution in [0.1, 0.15) is 6.92 Å². The second-order valence-electron chi connectivity index (χ2n) is 3.62. The van der Waals surface area contributed by atoms with Crippen molar-refractivity contribution >= 4 is 17.3 Å². The Morgan fingerprint density at radius 1 is 1.56 bits per heavy atom. The van der Waals surface area contributed by atoms with E-state index in [1.165, 1.54) is 4.90 Å². The van der Waals surface area contributed by atoms with Crippen molar-refractivity contribution in [3.8, 4) is 5.75 Å². The third-order valence-electron chi connectivity index (χ3n) is 2.44. The molecule has 1 aliphatic rings. The molecule has 16 heavy (non-hydrogen) atoms. The lowest BCUT2D eigenvalue weighted by Crippen LogP contribution is -2.49. The molecular formula is C10H14N4O2. The van der Waals surface area contributed by atoms with Gasteiger partial charge in [0.25, 0.3) is 5.91 Å². The molecule has 1 amide bonds. The molecule has 0 aliphatic carbocycles. The van der Waals surface area contributed by atoms with E-state index in [2.05, 4.69) is 5.43 Å². The number of hydrogen-bond acceptors (Lipinski definition) is 5. The Morgan fingerprint density at radius 2 is 2.31 bits per heavy atom. The summed E-state index contributed by atoms with van der Waals surface area (Å²) < 4.78 is 5.46. The predicted molar refractivity (Wildman–Crippen MR) is 60.6 cm³/mol. The molecule has 6 heteroatoms. The lowest BCUT2D eigenvalue weighted by atomic mass is 10.2. The van der Waals surface area contributed by atoms with Crippen LogP contribution in [0, 0.1) is 0 Å². The molecule has 1 atom stereocenters. The zero-order valence-corrected chi connectivity index (χ0v) is 8.93. The highest BCUT2D eigenvalue weighted by atomic mass is 16.5. The van der Waals surface area contributed by atoms with Crippen molar-refractivity contribution < 1.29 is 9.53 Å². The number of nitrogens with zero attached hydrogens (tertiary/aromatic N) is 1. The van der Waals surface area contributed by atoms with Crippen LogP contribution in [-0.4, -0.2) is 18.7 Å². The number of hydrogen-bond donors (Lipinski definition) is 3. The van der Waals surface area contributed by atoms with E-state index in [1.54, 1.807) is 25.1 Å². The summed E-state index contributed by atoms with van der Waals surface area (Å²) >= 11 is 0. The van der Waals surface area contributed by atoms with E-state index in [-0.39, 0.29) is 12.6 Å². The quantitative estimate of drug-likeness (QED) is 0.366. The SMILES string of the molecule is CC1Oc2ccc(N)cc2N(CNN)C1=O. The monoisotopic (exact) mass is 222 g/mol. The van der Waals surface area contributed by atoms with Gasteiger partial charge in [0.05, 0.1) is 12.4 Å². The minimum Gasteiger partial charge on any atom is -0.479 e. The largest absolute Gasteiger partial charge is 0.479 e. The molecule has 1 aromatic carbocycles. The molecular weight excluding hydrogens is 208 g/mol. The maximum absolute atomic E-state index is 11.9. The molecule has 1 aliphatic heterocycles. The molecule has 6 nitrogen and oxygen atoms in total. The lowest BCUT2D eigenvalue weighted by molar-refractivity contribution is -0.125. The van der Waals surface area contributed by atoms with Crippen LogP contribution in [0.3, 0.4) is 0 Å². The van der Waals surface area contributed by atoms with E-state index in [4.69, 9.17) is 16.3 Å². The molecule has 1 unspecified atom stereocenters. The van der Waals surface area contributed by atoms with Gasteiger partial charge in [-0.05, 0) is 25.1 Å². The number of carbonyl (C=O) groups is 1. The first kappa shape index (κ1) is 10.7. The lowest BCUT2D eigenvalue weighted by Gasteiger charge is -2.32. The van der Waals surface area contributed by atoms with E-state index >= 15 is 0 Å². The standard InChI is InChI=1S/C10H14N4O2/c1-6-10(15)14(5-13-12)8-4-7(11)2-3-9(8)16-6/h2-4,6,13H,5,11-12H2,1H3. The minimum absolute atomic E-state index is 0.143. The highest BCUT2D eigenvalue weighted by Gasteiger charge is 2.30. The average Bonchev–Trinajstić information content (AvgIpc) is 2.26. The first-order valence-electron chi connectivity index (χ1n) is 4.94. The number of nitrogen functional groups attached to an aromatic ring is 1. The highest BCUT2D eigenvalue weighted by molar-refractivity contribution is 6.00. The number of ether oxygens (including phenoxy) is 1. The zero-order valence-electron chi connectivity index (χ0n) is 8.93. The maximum Gasteiger partial charge on any atom is 0.269 e. The molecule has 0 saturated heterocycles. The Kier molecular flexibility index (Phi) is 2.67. The third kappa shape index (κ3) is 1.68. The molecule has 0 saturated carbocycles. The number of amides is 1. The molecule has 1 aromatic rings. The van der Waals surface area contributed by atoms with Gasteiger partial charge in [0.15, 0.2) is 6.10 Å². The van der Waals surface area contributed by atoms with Crippen LogP contribution in [0.25, 0.3) is 0 Å². The Bertz CT molecular complexity index is 421. The number of hydrazine groups is 1. The third-order valence-corrected chi connectivity index (χ3v) is 2.44. The number of benzene rings is 1. The number of carbonyl (C=O) groups excluding carboxylic acids is 1. The number of anilines is 2. The fraction of sp³-hybridized carbons (Fsp3) is 0.300. The van der Waals surface area contributed by atoms with Crippen LogP contribution in [0.15, 0.2) is 18.2 Å². The molecule has 0 bridgehead atoms. The van der Waals surface area contributed by atoms with E-state index in [1.807, 2.05) is 0 Å². The Hall–Kier alpha value is -1.79. The Labute approximate surface area is 93.1 Å². The summed E-state index contributed by atoms with van der Waals surface area (Å²) in [6.45, 7) is 1.92. The van der Waals surface area contributed by atoms with Crippen LogP contribution in [0.4, 0.5) is 11.4 Å². The molecule has 0 fully saturated rings. The van der Waals surface area contributed by atoms with Gasteiger partial charge < -0.3 is 10.5 Å². The summed E-state index contributed by atoms with van der Waals surface area (Å²) in [4.78, 5) is 13.4. The van der Waals surface area contributed by atoms with Gasteiger partial charge in [-0.25, -0.2) is 5.43 Å². The fourth-order valence-corrected chi connectivity index (χ4v) is 1.68. The number of fused-ring (bicyclic) bond motifs is 1. The molecule has 1 heterocycles. The van der Waals surface area contributed by atoms with Crippen LogP contribution in [0.2, 0.25) is 0 Å². The van der Waals surface area contributed by atoms with Crippen molar-refractivity contribution in [2.75, 3.05) is 17.3 Å². The molecule has 86 valence electrons. The van der Waals surface area contributed by atoms with Crippen molar-refractivity contribution in [3.05, 3.63) is 18.2 Å². The van der Waals surface area contributed by atoms with Crippen LogP contribution in [-0.2, 0) is 4.79 Å². The number of rotatable bonds is 2. The normalized spacial score (nSPS) is 19.2. The first-order chi connectivity index (χ1) is 7.63. The summed E-state index contributed by atoms with van der Waals surface area (Å²) in [6, 6.07) is 5.17. The summed E-state index contributed by atoms with van der Waals surface area (Å²) in [5.41, 5.74) is 9.35.